The standard InChI is InChI=1S/C13H15N3O/c1-8-6-9-4-3-5-10(12(9)17-8)11-7-15-16(2)13(11)14/h3-5,7-8H,6,14H2,1-2H3. The van der Waals surface area contributed by atoms with Crippen molar-refractivity contribution in [1.82, 2.24) is 9.78 Å². The summed E-state index contributed by atoms with van der Waals surface area (Å²) in [5.74, 6) is 1.63. The fourth-order valence-corrected chi connectivity index (χ4v) is 2.30. The van der Waals surface area contributed by atoms with E-state index in [1.54, 1.807) is 10.9 Å². The summed E-state index contributed by atoms with van der Waals surface area (Å²) in [6, 6.07) is 6.18. The molecule has 2 heterocycles. The van der Waals surface area contributed by atoms with Crippen LogP contribution in [0.2, 0.25) is 0 Å². The smallest absolute Gasteiger partial charge is 0.131 e. The van der Waals surface area contributed by atoms with Crippen LogP contribution in [0, 0.1) is 0 Å². The van der Waals surface area contributed by atoms with Crippen molar-refractivity contribution in [3.05, 3.63) is 30.0 Å². The van der Waals surface area contributed by atoms with Crippen LogP contribution in [-0.4, -0.2) is 15.9 Å². The van der Waals surface area contributed by atoms with Crippen LogP contribution in [0.25, 0.3) is 11.1 Å². The molecule has 1 aliphatic rings. The van der Waals surface area contributed by atoms with Crippen molar-refractivity contribution >= 4 is 5.82 Å². The number of ether oxygens (including phenoxy) is 1. The fourth-order valence-electron chi connectivity index (χ4n) is 2.30. The zero-order valence-corrected chi connectivity index (χ0v) is 9.97. The maximum Gasteiger partial charge on any atom is 0.131 e. The van der Waals surface area contributed by atoms with Crippen LogP contribution in [0.4, 0.5) is 5.82 Å². The van der Waals surface area contributed by atoms with Gasteiger partial charge in [-0.1, -0.05) is 18.2 Å². The molecule has 0 radical (unpaired) electrons. The summed E-state index contributed by atoms with van der Waals surface area (Å²) >= 11 is 0. The molecular weight excluding hydrogens is 214 g/mol. The van der Waals surface area contributed by atoms with E-state index < -0.39 is 0 Å². The van der Waals surface area contributed by atoms with Crippen LogP contribution in [0.15, 0.2) is 24.4 Å². The van der Waals surface area contributed by atoms with Gasteiger partial charge in [-0.15, -0.1) is 0 Å². The molecule has 3 rings (SSSR count). The molecule has 0 bridgehead atoms. The number of aryl methyl sites for hydroxylation is 1. The number of nitrogens with zero attached hydrogens (tertiary/aromatic N) is 2. The number of benzene rings is 1. The number of rotatable bonds is 1. The van der Waals surface area contributed by atoms with E-state index in [0.29, 0.717) is 5.82 Å². The van der Waals surface area contributed by atoms with Crippen LogP contribution in [0.3, 0.4) is 0 Å². The predicted octanol–water partition coefficient (Wildman–Crippen LogP) is 1.99. The van der Waals surface area contributed by atoms with Crippen LogP contribution in [0.1, 0.15) is 12.5 Å². The Kier molecular flexibility index (Phi) is 2.11. The summed E-state index contributed by atoms with van der Waals surface area (Å²) < 4.78 is 7.54. The molecule has 0 aliphatic carbocycles. The molecule has 1 aromatic heterocycles. The molecule has 0 spiro atoms. The van der Waals surface area contributed by atoms with Crippen LogP contribution in [-0.2, 0) is 13.5 Å². The van der Waals surface area contributed by atoms with Gasteiger partial charge in [0.05, 0.1) is 6.20 Å². The molecule has 0 fully saturated rings. The van der Waals surface area contributed by atoms with Crippen LogP contribution < -0.4 is 10.5 Å². The highest BCUT2D eigenvalue weighted by molar-refractivity contribution is 5.79. The quantitative estimate of drug-likeness (QED) is 0.813. The third kappa shape index (κ3) is 1.48. The Morgan fingerprint density at radius 2 is 2.24 bits per heavy atom. The van der Waals surface area contributed by atoms with E-state index in [-0.39, 0.29) is 6.10 Å². The van der Waals surface area contributed by atoms with Crippen molar-refractivity contribution in [1.29, 1.82) is 0 Å². The first kappa shape index (κ1) is 10.2. The lowest BCUT2D eigenvalue weighted by molar-refractivity contribution is 0.255. The van der Waals surface area contributed by atoms with Crippen molar-refractivity contribution in [2.24, 2.45) is 7.05 Å². The van der Waals surface area contributed by atoms with Gasteiger partial charge in [0.15, 0.2) is 0 Å². The second-order valence-electron chi connectivity index (χ2n) is 4.49. The summed E-state index contributed by atoms with van der Waals surface area (Å²) in [5.41, 5.74) is 9.24. The molecule has 1 aliphatic heterocycles. The zero-order chi connectivity index (χ0) is 12.0. The van der Waals surface area contributed by atoms with Gasteiger partial charge in [-0.05, 0) is 12.5 Å². The minimum absolute atomic E-state index is 0.240. The molecular formula is C13H15N3O. The second-order valence-corrected chi connectivity index (χ2v) is 4.49. The first-order valence-corrected chi connectivity index (χ1v) is 5.73. The monoisotopic (exact) mass is 229 g/mol. The molecule has 1 unspecified atom stereocenters. The Labute approximate surface area is 100 Å². The highest BCUT2D eigenvalue weighted by atomic mass is 16.5. The molecule has 17 heavy (non-hydrogen) atoms. The molecule has 2 aromatic rings. The molecule has 88 valence electrons. The van der Waals surface area contributed by atoms with Gasteiger partial charge >= 0.3 is 0 Å². The number of hydrogen-bond acceptors (Lipinski definition) is 3. The minimum atomic E-state index is 0.240. The van der Waals surface area contributed by atoms with Crippen molar-refractivity contribution < 1.29 is 4.74 Å². The predicted molar refractivity (Wildman–Crippen MR) is 66.9 cm³/mol. The largest absolute Gasteiger partial charge is 0.489 e. The number of para-hydroxylation sites is 1. The van der Waals surface area contributed by atoms with Gasteiger partial charge in [0, 0.05) is 24.6 Å². The summed E-state index contributed by atoms with van der Waals surface area (Å²) in [5, 5.41) is 4.17. The van der Waals surface area contributed by atoms with Crippen LogP contribution >= 0.6 is 0 Å². The van der Waals surface area contributed by atoms with Crippen LogP contribution in [0.5, 0.6) is 5.75 Å². The third-order valence-electron chi connectivity index (χ3n) is 3.20. The van der Waals surface area contributed by atoms with E-state index >= 15 is 0 Å². The molecule has 2 N–H and O–H groups in total. The summed E-state index contributed by atoms with van der Waals surface area (Å²) in [4.78, 5) is 0. The van der Waals surface area contributed by atoms with E-state index in [2.05, 4.69) is 18.1 Å². The normalized spacial score (nSPS) is 17.9. The Morgan fingerprint density at radius 3 is 2.94 bits per heavy atom. The van der Waals surface area contributed by atoms with E-state index in [4.69, 9.17) is 10.5 Å². The number of hydrogen-bond donors (Lipinski definition) is 1. The lowest BCUT2D eigenvalue weighted by Gasteiger charge is -2.08. The Hall–Kier alpha value is -1.97. The number of fused-ring (bicyclic) bond motifs is 1. The van der Waals surface area contributed by atoms with E-state index in [0.717, 1.165) is 23.3 Å². The van der Waals surface area contributed by atoms with Crippen molar-refractivity contribution in [3.8, 4) is 16.9 Å². The SMILES string of the molecule is CC1Cc2cccc(-c3cnn(C)c3N)c2O1. The second kappa shape index (κ2) is 3.52. The Balaban J connectivity index is 2.17. The Bertz CT molecular complexity index is 574. The zero-order valence-electron chi connectivity index (χ0n) is 9.97. The highest BCUT2D eigenvalue weighted by Gasteiger charge is 2.23. The van der Waals surface area contributed by atoms with Gasteiger partial charge in [0.25, 0.3) is 0 Å². The van der Waals surface area contributed by atoms with Gasteiger partial charge in [0.1, 0.15) is 17.7 Å². The molecule has 1 atom stereocenters. The Morgan fingerprint density at radius 1 is 1.41 bits per heavy atom. The van der Waals surface area contributed by atoms with Gasteiger partial charge in [-0.25, -0.2) is 0 Å². The molecule has 0 amide bonds. The highest BCUT2D eigenvalue weighted by Crippen LogP contribution is 2.40. The van der Waals surface area contributed by atoms with Crippen molar-refractivity contribution in [2.75, 3.05) is 5.73 Å². The van der Waals surface area contributed by atoms with Gasteiger partial charge in [-0.2, -0.15) is 5.10 Å². The molecule has 1 aromatic carbocycles. The first-order valence-electron chi connectivity index (χ1n) is 5.73. The third-order valence-corrected chi connectivity index (χ3v) is 3.20. The van der Waals surface area contributed by atoms with Gasteiger partial charge in [-0.3, -0.25) is 4.68 Å². The maximum absolute atomic E-state index is 6.01. The number of anilines is 1. The van der Waals surface area contributed by atoms with Crippen molar-refractivity contribution in [3.63, 3.8) is 0 Å². The van der Waals surface area contributed by atoms with Gasteiger partial charge < -0.3 is 10.5 Å². The summed E-state index contributed by atoms with van der Waals surface area (Å²) in [6.07, 6.45) is 2.99. The summed E-state index contributed by atoms with van der Waals surface area (Å²) in [7, 11) is 1.84. The average Bonchev–Trinajstić information content (AvgIpc) is 2.82. The lowest BCUT2D eigenvalue weighted by atomic mass is 10.0. The van der Waals surface area contributed by atoms with E-state index in [9.17, 15) is 0 Å². The molecule has 0 saturated carbocycles. The topological polar surface area (TPSA) is 53.1 Å². The maximum atomic E-state index is 6.01. The number of aromatic nitrogens is 2. The first-order chi connectivity index (χ1) is 8.16. The number of nitrogens with two attached hydrogens (primary N) is 1. The average molecular weight is 229 g/mol. The lowest BCUT2D eigenvalue weighted by Crippen LogP contribution is -2.05. The van der Waals surface area contributed by atoms with Crippen molar-refractivity contribution in [2.45, 2.75) is 19.4 Å². The number of nitrogen functional groups attached to an aromatic ring is 1. The molecule has 4 heteroatoms. The minimum Gasteiger partial charge on any atom is -0.489 e. The van der Waals surface area contributed by atoms with Gasteiger partial charge in [0.2, 0.25) is 0 Å². The molecule has 0 saturated heterocycles. The van der Waals surface area contributed by atoms with E-state index in [1.807, 2.05) is 19.2 Å². The fraction of sp³-hybridized carbons (Fsp3) is 0.308. The molecule has 4 nitrogen and oxygen atoms in total. The summed E-state index contributed by atoms with van der Waals surface area (Å²) in [6.45, 7) is 2.08. The van der Waals surface area contributed by atoms with E-state index in [1.165, 1.54) is 5.56 Å².